The summed E-state index contributed by atoms with van der Waals surface area (Å²) in [5, 5.41) is 0.133. The molecule has 1 aromatic rings. The van der Waals surface area contributed by atoms with Gasteiger partial charge in [-0.1, -0.05) is 27.2 Å². The molecule has 1 saturated carbocycles. The Kier molecular flexibility index (Phi) is 6.51. The van der Waals surface area contributed by atoms with Crippen LogP contribution < -0.4 is 11.1 Å². The lowest BCUT2D eigenvalue weighted by atomic mass is 9.69. The number of hydrogen-bond acceptors (Lipinski definition) is 3. The Balaban J connectivity index is 2.12. The van der Waals surface area contributed by atoms with Crippen LogP contribution in [0.2, 0.25) is 0 Å². The third-order valence-electron chi connectivity index (χ3n) is 7.51. The van der Waals surface area contributed by atoms with Gasteiger partial charge >= 0.3 is 35.3 Å². The Morgan fingerprint density at radius 2 is 1.38 bits per heavy atom. The van der Waals surface area contributed by atoms with E-state index in [4.69, 9.17) is 5.73 Å². The lowest BCUT2D eigenvalue weighted by Gasteiger charge is -2.51. The van der Waals surface area contributed by atoms with Gasteiger partial charge in [-0.05, 0) is 36.2 Å². The van der Waals surface area contributed by atoms with Crippen LogP contribution in [0.1, 0.15) is 54.4 Å². The van der Waals surface area contributed by atoms with E-state index in [9.17, 15) is 53.5 Å². The van der Waals surface area contributed by atoms with Gasteiger partial charge in [0.15, 0.2) is 0 Å². The van der Waals surface area contributed by atoms with Gasteiger partial charge in [-0.2, -0.15) is 43.9 Å². The number of halogens is 11. The summed E-state index contributed by atoms with van der Waals surface area (Å²) in [6.07, 6.45) is 1.48. The summed E-state index contributed by atoms with van der Waals surface area (Å²) in [5.41, 5.74) is -2.38. The maximum atomic E-state index is 15.1. The lowest BCUT2D eigenvalue weighted by Crippen LogP contribution is -2.86. The van der Waals surface area contributed by atoms with Crippen molar-refractivity contribution in [2.75, 3.05) is 5.32 Å². The average Bonchev–Trinajstić information content (AvgIpc) is 3.14. The van der Waals surface area contributed by atoms with Gasteiger partial charge in [0.05, 0.1) is 5.56 Å². The number of fused-ring (bicyclic) bond motifs is 1. The summed E-state index contributed by atoms with van der Waals surface area (Å²) < 4.78 is 154. The van der Waals surface area contributed by atoms with E-state index in [1.807, 2.05) is 20.8 Å². The first kappa shape index (κ1) is 29.4. The van der Waals surface area contributed by atoms with E-state index in [2.05, 4.69) is 0 Å². The van der Waals surface area contributed by atoms with Crippen molar-refractivity contribution >= 4 is 28.2 Å². The maximum absolute atomic E-state index is 15.1. The smallest absolute Gasteiger partial charge is 0.365 e. The molecular formula is C21H21F11N2O2S. The Labute approximate surface area is 206 Å². The first-order valence-corrected chi connectivity index (χ1v) is 11.6. The zero-order valence-electron chi connectivity index (χ0n) is 19.4. The fraction of sp³-hybridized carbons (Fsp3) is 0.714. The third-order valence-corrected chi connectivity index (χ3v) is 8.68. The number of alkyl halides is 11. The highest BCUT2D eigenvalue weighted by Gasteiger charge is 3.02. The Morgan fingerprint density at radius 1 is 0.919 bits per heavy atom. The van der Waals surface area contributed by atoms with Crippen molar-refractivity contribution in [3.05, 3.63) is 16.0 Å². The van der Waals surface area contributed by atoms with E-state index in [-0.39, 0.29) is 29.7 Å². The number of primary amides is 1. The second-order valence-corrected chi connectivity index (χ2v) is 10.9. The summed E-state index contributed by atoms with van der Waals surface area (Å²) >= 11 is 0.399. The van der Waals surface area contributed by atoms with Crippen molar-refractivity contribution in [2.24, 2.45) is 17.1 Å². The normalized spacial score (nSPS) is 26.7. The predicted octanol–water partition coefficient (Wildman–Crippen LogP) is 6.23. The molecule has 210 valence electrons. The van der Waals surface area contributed by atoms with Crippen LogP contribution in [0.4, 0.5) is 53.3 Å². The number of nitrogens with one attached hydrogen (secondary N) is 1. The van der Waals surface area contributed by atoms with Crippen LogP contribution in [-0.2, 0) is 17.6 Å². The van der Waals surface area contributed by atoms with E-state index in [0.29, 0.717) is 29.1 Å². The molecule has 1 unspecified atom stereocenters. The zero-order valence-corrected chi connectivity index (χ0v) is 20.2. The fourth-order valence-corrected chi connectivity index (χ4v) is 5.91. The van der Waals surface area contributed by atoms with Crippen molar-refractivity contribution in [1.82, 2.24) is 0 Å². The molecular weight excluding hydrogens is 553 g/mol. The van der Waals surface area contributed by atoms with E-state index >= 15 is 4.39 Å². The standard InChI is InChI=1S/C21H21F11N2O2S/c1-4-15(2,3)8-5-6-9-10(7-8)37-13(11(9)12(33)35)34-14(36)16(22)17(23,24)19(27,28)21(31,32)20(29,30)18(16,25)26/h8H,4-7H2,1-3H3,(H2,33,35)(H,34,36). The van der Waals surface area contributed by atoms with Crippen molar-refractivity contribution < 1.29 is 57.9 Å². The van der Waals surface area contributed by atoms with Gasteiger partial charge < -0.3 is 11.1 Å². The van der Waals surface area contributed by atoms with Gasteiger partial charge in [-0.3, -0.25) is 9.59 Å². The minimum Gasteiger partial charge on any atom is -0.365 e. The summed E-state index contributed by atoms with van der Waals surface area (Å²) in [7, 11) is 0. The van der Waals surface area contributed by atoms with Crippen LogP contribution in [0, 0.1) is 11.3 Å². The minimum absolute atomic E-state index is 0.0351. The number of thiophene rings is 1. The highest BCUT2D eigenvalue weighted by Crippen LogP contribution is 2.69. The largest absolute Gasteiger partial charge is 0.384 e. The number of carbonyl (C=O) groups is 2. The molecule has 2 aliphatic rings. The molecule has 1 atom stereocenters. The summed E-state index contributed by atoms with van der Waals surface area (Å²) in [5.74, 6) is -41.8. The molecule has 0 aromatic carbocycles. The van der Waals surface area contributed by atoms with E-state index in [1.54, 1.807) is 0 Å². The van der Waals surface area contributed by atoms with Gasteiger partial charge in [0.1, 0.15) is 5.00 Å². The summed E-state index contributed by atoms with van der Waals surface area (Å²) in [4.78, 5) is 24.7. The van der Waals surface area contributed by atoms with E-state index < -0.39 is 57.7 Å². The van der Waals surface area contributed by atoms with Crippen LogP contribution in [0.25, 0.3) is 0 Å². The first-order valence-electron chi connectivity index (χ1n) is 10.8. The highest BCUT2D eigenvalue weighted by molar-refractivity contribution is 7.17. The molecule has 2 amide bonds. The average molecular weight is 574 g/mol. The lowest BCUT2D eigenvalue weighted by molar-refractivity contribution is -0.475. The van der Waals surface area contributed by atoms with Crippen molar-refractivity contribution in [3.8, 4) is 0 Å². The number of carbonyl (C=O) groups excluding carboxylic acids is 2. The van der Waals surface area contributed by atoms with E-state index in [1.165, 1.54) is 0 Å². The molecule has 4 nitrogen and oxygen atoms in total. The molecule has 0 bridgehead atoms. The number of hydrogen-bond donors (Lipinski definition) is 2. The van der Waals surface area contributed by atoms with Gasteiger partial charge in [-0.15, -0.1) is 11.3 Å². The number of anilines is 1. The molecule has 0 aliphatic heterocycles. The highest BCUT2D eigenvalue weighted by atomic mass is 32.1. The quantitative estimate of drug-likeness (QED) is 0.410. The van der Waals surface area contributed by atoms with Crippen molar-refractivity contribution in [2.45, 2.75) is 81.7 Å². The zero-order chi connectivity index (χ0) is 28.8. The molecule has 2 aliphatic carbocycles. The second kappa shape index (κ2) is 8.18. The van der Waals surface area contributed by atoms with Crippen LogP contribution in [-0.4, -0.2) is 47.1 Å². The Bertz CT molecular complexity index is 1100. The number of nitrogens with two attached hydrogens (primary N) is 1. The molecule has 0 saturated heterocycles. The van der Waals surface area contributed by atoms with Gasteiger partial charge in [0.25, 0.3) is 11.8 Å². The second-order valence-electron chi connectivity index (χ2n) is 9.84. The van der Waals surface area contributed by atoms with Crippen LogP contribution in [0.3, 0.4) is 0 Å². The molecule has 1 aromatic heterocycles. The monoisotopic (exact) mass is 574 g/mol. The van der Waals surface area contributed by atoms with Gasteiger partial charge in [-0.25, -0.2) is 4.39 Å². The molecule has 3 rings (SSSR count). The number of rotatable bonds is 5. The van der Waals surface area contributed by atoms with Crippen molar-refractivity contribution in [3.63, 3.8) is 0 Å². The SMILES string of the molecule is CCC(C)(C)C1CCc2c(sc(NC(=O)C3(F)C(F)(F)C(F)(F)C(F)(F)C(F)(F)C3(F)F)c2C(N)=O)C1. The predicted molar refractivity (Wildman–Crippen MR) is 110 cm³/mol. The molecule has 0 radical (unpaired) electrons. The van der Waals surface area contributed by atoms with Gasteiger partial charge in [0.2, 0.25) is 0 Å². The maximum Gasteiger partial charge on any atom is 0.384 e. The molecule has 16 heteroatoms. The summed E-state index contributed by atoms with van der Waals surface area (Å²) in [6, 6.07) is 0. The van der Waals surface area contributed by atoms with E-state index in [0.717, 1.165) is 5.32 Å². The van der Waals surface area contributed by atoms with Crippen LogP contribution in [0.15, 0.2) is 0 Å². The molecule has 1 fully saturated rings. The van der Waals surface area contributed by atoms with Crippen LogP contribution in [0.5, 0.6) is 0 Å². The topological polar surface area (TPSA) is 72.2 Å². The molecule has 3 N–H and O–H groups in total. The third kappa shape index (κ3) is 3.45. The molecule has 1 heterocycles. The number of amides is 2. The van der Waals surface area contributed by atoms with Gasteiger partial charge in [0, 0.05) is 4.88 Å². The van der Waals surface area contributed by atoms with Crippen molar-refractivity contribution in [1.29, 1.82) is 0 Å². The fourth-order valence-electron chi connectivity index (χ4n) is 4.59. The minimum atomic E-state index is -7.44. The Hall–Kier alpha value is -2.13. The molecule has 0 spiro atoms. The Morgan fingerprint density at radius 3 is 1.81 bits per heavy atom. The molecule has 37 heavy (non-hydrogen) atoms. The summed E-state index contributed by atoms with van der Waals surface area (Å²) in [6.45, 7) is 5.74. The van der Waals surface area contributed by atoms with Crippen LogP contribution >= 0.6 is 11.3 Å². The first-order chi connectivity index (χ1) is 16.5.